The lowest BCUT2D eigenvalue weighted by molar-refractivity contribution is 0.112. The van der Waals surface area contributed by atoms with Crippen LogP contribution in [0.2, 0.25) is 5.02 Å². The summed E-state index contributed by atoms with van der Waals surface area (Å²) in [6, 6.07) is 8.79. The number of benzene rings is 1. The lowest BCUT2D eigenvalue weighted by Gasteiger charge is -2.01. The molecule has 0 atom stereocenters. The second-order valence-corrected chi connectivity index (χ2v) is 3.37. The van der Waals surface area contributed by atoms with E-state index in [9.17, 15) is 4.79 Å². The van der Waals surface area contributed by atoms with Gasteiger partial charge in [-0.1, -0.05) is 17.7 Å². The molecule has 2 rings (SSSR count). The first-order chi connectivity index (χ1) is 7.31. The van der Waals surface area contributed by atoms with E-state index < -0.39 is 0 Å². The molecular weight excluding hydrogens is 212 g/mol. The predicted molar refractivity (Wildman–Crippen MR) is 57.9 cm³/mol. The van der Waals surface area contributed by atoms with E-state index in [2.05, 4.69) is 10.2 Å². The molecule has 74 valence electrons. The van der Waals surface area contributed by atoms with E-state index in [4.69, 9.17) is 11.6 Å². The number of rotatable bonds is 2. The van der Waals surface area contributed by atoms with Gasteiger partial charge in [-0.15, -0.1) is 0 Å². The monoisotopic (exact) mass is 218 g/mol. The zero-order valence-corrected chi connectivity index (χ0v) is 8.48. The molecule has 0 spiro atoms. The van der Waals surface area contributed by atoms with Crippen molar-refractivity contribution < 1.29 is 4.79 Å². The molecule has 1 aromatic carbocycles. The van der Waals surface area contributed by atoms with Crippen molar-refractivity contribution in [1.29, 1.82) is 0 Å². The SMILES string of the molecule is O=Cc1cc(-c2cccnn2)ccc1Cl. The topological polar surface area (TPSA) is 42.9 Å². The zero-order valence-electron chi connectivity index (χ0n) is 7.72. The average Bonchev–Trinajstić information content (AvgIpc) is 2.31. The fraction of sp³-hybridized carbons (Fsp3) is 0. The Balaban J connectivity index is 2.51. The summed E-state index contributed by atoms with van der Waals surface area (Å²) in [4.78, 5) is 10.7. The second-order valence-electron chi connectivity index (χ2n) is 2.96. The molecule has 15 heavy (non-hydrogen) atoms. The van der Waals surface area contributed by atoms with Crippen molar-refractivity contribution in [3.63, 3.8) is 0 Å². The minimum Gasteiger partial charge on any atom is -0.298 e. The molecule has 1 heterocycles. The lowest BCUT2D eigenvalue weighted by atomic mass is 10.1. The van der Waals surface area contributed by atoms with Crippen LogP contribution < -0.4 is 0 Å². The fourth-order valence-electron chi connectivity index (χ4n) is 1.25. The minimum absolute atomic E-state index is 0.442. The van der Waals surface area contributed by atoms with Crippen molar-refractivity contribution in [3.05, 3.63) is 47.1 Å². The Morgan fingerprint density at radius 1 is 1.27 bits per heavy atom. The maximum absolute atomic E-state index is 10.7. The Morgan fingerprint density at radius 2 is 2.13 bits per heavy atom. The van der Waals surface area contributed by atoms with Crippen LogP contribution in [0.1, 0.15) is 10.4 Å². The Kier molecular flexibility index (Phi) is 2.74. The van der Waals surface area contributed by atoms with Crippen molar-refractivity contribution >= 4 is 17.9 Å². The van der Waals surface area contributed by atoms with Gasteiger partial charge in [-0.2, -0.15) is 10.2 Å². The highest BCUT2D eigenvalue weighted by molar-refractivity contribution is 6.33. The summed E-state index contributed by atoms with van der Waals surface area (Å²) in [5.74, 6) is 0. The Hall–Kier alpha value is -1.74. The number of hydrogen-bond donors (Lipinski definition) is 0. The van der Waals surface area contributed by atoms with Crippen LogP contribution in [0, 0.1) is 0 Å². The maximum Gasteiger partial charge on any atom is 0.151 e. The predicted octanol–water partition coefficient (Wildman–Crippen LogP) is 2.61. The van der Waals surface area contributed by atoms with Crippen molar-refractivity contribution in [3.8, 4) is 11.3 Å². The largest absolute Gasteiger partial charge is 0.298 e. The van der Waals surface area contributed by atoms with Gasteiger partial charge in [0.25, 0.3) is 0 Å². The molecule has 0 saturated carbocycles. The van der Waals surface area contributed by atoms with Crippen LogP contribution in [0.5, 0.6) is 0 Å². The highest BCUT2D eigenvalue weighted by atomic mass is 35.5. The molecule has 0 bridgehead atoms. The summed E-state index contributed by atoms with van der Waals surface area (Å²) in [7, 11) is 0. The van der Waals surface area contributed by atoms with Gasteiger partial charge >= 0.3 is 0 Å². The summed E-state index contributed by atoms with van der Waals surface area (Å²) in [5.41, 5.74) is 2.01. The summed E-state index contributed by atoms with van der Waals surface area (Å²) >= 11 is 5.82. The normalized spacial score (nSPS) is 9.93. The van der Waals surface area contributed by atoms with Gasteiger partial charge in [-0.3, -0.25) is 4.79 Å². The number of aromatic nitrogens is 2. The average molecular weight is 219 g/mol. The minimum atomic E-state index is 0.442. The number of carbonyl (C=O) groups is 1. The maximum atomic E-state index is 10.7. The molecule has 0 N–H and O–H groups in total. The highest BCUT2D eigenvalue weighted by Crippen LogP contribution is 2.22. The van der Waals surface area contributed by atoms with Crippen molar-refractivity contribution in [1.82, 2.24) is 10.2 Å². The third kappa shape index (κ3) is 2.02. The van der Waals surface area contributed by atoms with E-state index in [1.165, 1.54) is 0 Å². The molecule has 4 heteroatoms. The molecule has 0 aliphatic carbocycles. The first-order valence-corrected chi connectivity index (χ1v) is 4.72. The molecule has 0 radical (unpaired) electrons. The van der Waals surface area contributed by atoms with Crippen molar-refractivity contribution in [2.24, 2.45) is 0 Å². The van der Waals surface area contributed by atoms with Gasteiger partial charge in [0, 0.05) is 17.3 Å². The van der Waals surface area contributed by atoms with Crippen molar-refractivity contribution in [2.75, 3.05) is 0 Å². The first kappa shape index (κ1) is 9.80. The van der Waals surface area contributed by atoms with E-state index in [0.717, 1.165) is 17.5 Å². The van der Waals surface area contributed by atoms with E-state index in [-0.39, 0.29) is 0 Å². The number of halogens is 1. The summed E-state index contributed by atoms with van der Waals surface area (Å²) in [6.07, 6.45) is 2.32. The van der Waals surface area contributed by atoms with Crippen LogP contribution in [0.25, 0.3) is 11.3 Å². The molecule has 1 aromatic heterocycles. The number of hydrogen-bond acceptors (Lipinski definition) is 3. The molecule has 2 aromatic rings. The molecule has 0 aliphatic heterocycles. The van der Waals surface area contributed by atoms with Gasteiger partial charge in [-0.05, 0) is 24.3 Å². The van der Waals surface area contributed by atoms with Gasteiger partial charge in [0.1, 0.15) is 0 Å². The summed E-state index contributed by atoms with van der Waals surface area (Å²) in [6.45, 7) is 0. The molecular formula is C11H7ClN2O. The third-order valence-corrected chi connectivity index (χ3v) is 2.34. The molecule has 0 unspecified atom stereocenters. The van der Waals surface area contributed by atoms with E-state index >= 15 is 0 Å². The van der Waals surface area contributed by atoms with Gasteiger partial charge in [-0.25, -0.2) is 0 Å². The van der Waals surface area contributed by atoms with Gasteiger partial charge in [0.2, 0.25) is 0 Å². The molecule has 0 aliphatic rings. The van der Waals surface area contributed by atoms with Crippen LogP contribution >= 0.6 is 11.6 Å². The Labute approximate surface area is 91.7 Å². The number of carbonyl (C=O) groups excluding carboxylic acids is 1. The third-order valence-electron chi connectivity index (χ3n) is 1.99. The number of nitrogens with zero attached hydrogens (tertiary/aromatic N) is 2. The summed E-state index contributed by atoms with van der Waals surface area (Å²) in [5, 5.41) is 8.15. The molecule has 0 amide bonds. The second kappa shape index (κ2) is 4.19. The quantitative estimate of drug-likeness (QED) is 0.728. The lowest BCUT2D eigenvalue weighted by Crippen LogP contribution is -1.88. The first-order valence-electron chi connectivity index (χ1n) is 4.34. The Morgan fingerprint density at radius 3 is 2.80 bits per heavy atom. The van der Waals surface area contributed by atoms with Crippen LogP contribution in [-0.4, -0.2) is 16.5 Å². The molecule has 3 nitrogen and oxygen atoms in total. The smallest absolute Gasteiger partial charge is 0.151 e. The van der Waals surface area contributed by atoms with Crippen molar-refractivity contribution in [2.45, 2.75) is 0 Å². The van der Waals surface area contributed by atoms with Crippen LogP contribution in [0.15, 0.2) is 36.5 Å². The van der Waals surface area contributed by atoms with Crippen LogP contribution in [0.3, 0.4) is 0 Å². The van der Waals surface area contributed by atoms with Crippen LogP contribution in [-0.2, 0) is 0 Å². The Bertz CT molecular complexity index is 485. The summed E-state index contributed by atoms with van der Waals surface area (Å²) < 4.78 is 0. The van der Waals surface area contributed by atoms with E-state index in [1.807, 2.05) is 6.07 Å². The van der Waals surface area contributed by atoms with Gasteiger partial charge < -0.3 is 0 Å². The standard InChI is InChI=1S/C11H7ClN2O/c12-10-4-3-8(6-9(10)7-15)11-2-1-5-13-14-11/h1-7H. The van der Waals surface area contributed by atoms with Crippen LogP contribution in [0.4, 0.5) is 0 Å². The zero-order chi connectivity index (χ0) is 10.7. The van der Waals surface area contributed by atoms with E-state index in [1.54, 1.807) is 30.5 Å². The van der Waals surface area contributed by atoms with E-state index in [0.29, 0.717) is 10.6 Å². The number of aldehydes is 1. The fourth-order valence-corrected chi connectivity index (χ4v) is 1.41. The van der Waals surface area contributed by atoms with Gasteiger partial charge in [0.05, 0.1) is 10.7 Å². The molecule has 0 fully saturated rings. The van der Waals surface area contributed by atoms with Gasteiger partial charge in [0.15, 0.2) is 6.29 Å². The highest BCUT2D eigenvalue weighted by Gasteiger charge is 2.03. The molecule has 0 saturated heterocycles.